The van der Waals surface area contributed by atoms with Crippen LogP contribution in [0.25, 0.3) is 0 Å². The molecule has 2 heterocycles. The van der Waals surface area contributed by atoms with E-state index in [0.29, 0.717) is 24.0 Å². The Hall–Kier alpha value is -2.21. The van der Waals surface area contributed by atoms with Crippen LogP contribution in [-0.4, -0.2) is 29.2 Å². The lowest BCUT2D eigenvalue weighted by Gasteiger charge is -2.31. The number of carbonyl (C=O) groups excluding carboxylic acids is 1. The maximum Gasteiger partial charge on any atom is 0.321 e. The molecule has 0 aliphatic carbocycles. The van der Waals surface area contributed by atoms with Crippen LogP contribution in [0.2, 0.25) is 5.02 Å². The molecule has 0 saturated carbocycles. The van der Waals surface area contributed by atoms with Crippen molar-refractivity contribution in [3.05, 3.63) is 40.5 Å². The van der Waals surface area contributed by atoms with Crippen molar-refractivity contribution in [2.24, 2.45) is 0 Å². The predicted molar refractivity (Wildman–Crippen MR) is 89.7 cm³/mol. The van der Waals surface area contributed by atoms with Crippen molar-refractivity contribution < 1.29 is 9.32 Å². The minimum Gasteiger partial charge on any atom is -0.368 e. The van der Waals surface area contributed by atoms with Crippen molar-refractivity contribution in [2.75, 3.05) is 24.1 Å². The highest BCUT2D eigenvalue weighted by atomic mass is 35.5. The molecule has 2 aromatic rings. The quantitative estimate of drug-likeness (QED) is 0.878. The molecule has 1 aliphatic heterocycles. The normalized spacial score (nSPS) is 15.7. The minimum absolute atomic E-state index is 0.103. The highest BCUT2D eigenvalue weighted by Gasteiger charge is 2.26. The molecule has 122 valence electrons. The number of hydrogen-bond donors (Lipinski definition) is 2. The van der Waals surface area contributed by atoms with Gasteiger partial charge in [-0.3, -0.25) is 0 Å². The van der Waals surface area contributed by atoms with E-state index in [0.717, 1.165) is 29.8 Å². The first-order valence-electron chi connectivity index (χ1n) is 7.57. The third-order valence-corrected chi connectivity index (χ3v) is 4.67. The van der Waals surface area contributed by atoms with Crippen LogP contribution in [0.5, 0.6) is 0 Å². The fourth-order valence-corrected chi connectivity index (χ4v) is 2.99. The number of nitrogen functional groups attached to an aromatic ring is 1. The van der Waals surface area contributed by atoms with Crippen LogP contribution >= 0.6 is 11.6 Å². The van der Waals surface area contributed by atoms with Crippen LogP contribution in [0.4, 0.5) is 16.4 Å². The molecule has 7 heteroatoms. The summed E-state index contributed by atoms with van der Waals surface area (Å²) in [4.78, 5) is 14.2. The Morgan fingerprint density at radius 2 is 2.17 bits per heavy atom. The van der Waals surface area contributed by atoms with Crippen molar-refractivity contribution in [1.29, 1.82) is 0 Å². The molecule has 0 unspecified atom stereocenters. The Bertz CT molecular complexity index is 708. The van der Waals surface area contributed by atoms with E-state index >= 15 is 0 Å². The summed E-state index contributed by atoms with van der Waals surface area (Å²) in [5.74, 6) is 0.615. The number of halogens is 1. The molecule has 2 amide bonds. The lowest BCUT2D eigenvalue weighted by Crippen LogP contribution is -2.40. The zero-order chi connectivity index (χ0) is 16.4. The Balaban J connectivity index is 1.59. The van der Waals surface area contributed by atoms with Gasteiger partial charge in [-0.25, -0.2) is 4.79 Å². The maximum absolute atomic E-state index is 12.4. The average molecular weight is 335 g/mol. The van der Waals surface area contributed by atoms with Gasteiger partial charge in [-0.1, -0.05) is 22.8 Å². The first kappa shape index (κ1) is 15.7. The highest BCUT2D eigenvalue weighted by Crippen LogP contribution is 2.29. The topological polar surface area (TPSA) is 84.4 Å². The number of rotatable bonds is 2. The van der Waals surface area contributed by atoms with E-state index in [4.69, 9.17) is 21.9 Å². The van der Waals surface area contributed by atoms with Gasteiger partial charge in [0.2, 0.25) is 5.88 Å². The molecule has 0 atom stereocenters. The van der Waals surface area contributed by atoms with E-state index in [-0.39, 0.29) is 11.9 Å². The molecule has 1 fully saturated rings. The smallest absolute Gasteiger partial charge is 0.321 e. The molecular formula is C16H19ClN4O2. The maximum atomic E-state index is 12.4. The second kappa shape index (κ2) is 6.50. The van der Waals surface area contributed by atoms with Gasteiger partial charge in [-0.05, 0) is 37.5 Å². The predicted octanol–water partition coefficient (Wildman–Crippen LogP) is 3.63. The Kier molecular flexibility index (Phi) is 4.43. The van der Waals surface area contributed by atoms with Crippen LogP contribution < -0.4 is 11.1 Å². The van der Waals surface area contributed by atoms with Gasteiger partial charge in [0.25, 0.3) is 0 Å². The molecular weight excluding hydrogens is 316 g/mol. The van der Waals surface area contributed by atoms with Crippen molar-refractivity contribution in [2.45, 2.75) is 25.7 Å². The second-order valence-electron chi connectivity index (χ2n) is 5.76. The van der Waals surface area contributed by atoms with Gasteiger partial charge in [0, 0.05) is 35.8 Å². The van der Waals surface area contributed by atoms with Crippen LogP contribution in [0.3, 0.4) is 0 Å². The number of amides is 2. The lowest BCUT2D eigenvalue weighted by molar-refractivity contribution is 0.193. The van der Waals surface area contributed by atoms with Gasteiger partial charge >= 0.3 is 6.03 Å². The largest absolute Gasteiger partial charge is 0.368 e. The van der Waals surface area contributed by atoms with Crippen molar-refractivity contribution >= 4 is 29.2 Å². The van der Waals surface area contributed by atoms with Crippen LogP contribution in [0.15, 0.2) is 28.8 Å². The molecule has 1 aliphatic rings. The van der Waals surface area contributed by atoms with Gasteiger partial charge in [0.05, 0.1) is 5.69 Å². The molecule has 0 bridgehead atoms. The zero-order valence-electron chi connectivity index (χ0n) is 12.9. The number of likely N-dealkylation sites (tertiary alicyclic amines) is 1. The minimum atomic E-state index is -0.103. The van der Waals surface area contributed by atoms with Crippen LogP contribution in [0, 0.1) is 6.92 Å². The number of hydrogen-bond acceptors (Lipinski definition) is 4. The Morgan fingerprint density at radius 1 is 1.43 bits per heavy atom. The molecule has 1 aromatic heterocycles. The van der Waals surface area contributed by atoms with Gasteiger partial charge < -0.3 is 20.5 Å². The molecule has 3 N–H and O–H groups in total. The highest BCUT2D eigenvalue weighted by molar-refractivity contribution is 6.31. The number of nitrogens with zero attached hydrogens (tertiary/aromatic N) is 2. The molecule has 3 rings (SSSR count). The number of urea groups is 1. The van der Waals surface area contributed by atoms with Crippen molar-refractivity contribution in [3.8, 4) is 0 Å². The van der Waals surface area contributed by atoms with E-state index in [1.54, 1.807) is 11.0 Å². The number of carbonyl (C=O) groups is 1. The monoisotopic (exact) mass is 334 g/mol. The van der Waals surface area contributed by atoms with Crippen LogP contribution in [-0.2, 0) is 0 Å². The van der Waals surface area contributed by atoms with Gasteiger partial charge in [0.15, 0.2) is 0 Å². The number of piperidine rings is 1. The third kappa shape index (κ3) is 3.42. The SMILES string of the molecule is Cc1c(Cl)cccc1NC(=O)N1CCC(c2cc(N)on2)CC1. The molecule has 0 spiro atoms. The summed E-state index contributed by atoms with van der Waals surface area (Å²) in [6.07, 6.45) is 1.68. The van der Waals surface area contributed by atoms with Crippen molar-refractivity contribution in [1.82, 2.24) is 10.1 Å². The summed E-state index contributed by atoms with van der Waals surface area (Å²) in [7, 11) is 0. The van der Waals surface area contributed by atoms with E-state index < -0.39 is 0 Å². The zero-order valence-corrected chi connectivity index (χ0v) is 13.6. The summed E-state index contributed by atoms with van der Waals surface area (Å²) in [5.41, 5.74) is 8.04. The number of benzene rings is 1. The fourth-order valence-electron chi connectivity index (χ4n) is 2.81. The summed E-state index contributed by atoms with van der Waals surface area (Å²) >= 11 is 6.08. The third-order valence-electron chi connectivity index (χ3n) is 4.26. The first-order chi connectivity index (χ1) is 11.0. The van der Waals surface area contributed by atoms with E-state index in [9.17, 15) is 4.79 Å². The number of nitrogens with one attached hydrogen (secondary N) is 1. The first-order valence-corrected chi connectivity index (χ1v) is 7.95. The van der Waals surface area contributed by atoms with Crippen LogP contribution in [0.1, 0.15) is 30.0 Å². The Morgan fingerprint density at radius 3 is 2.83 bits per heavy atom. The summed E-state index contributed by atoms with van der Waals surface area (Å²) in [6.45, 7) is 3.23. The molecule has 1 aromatic carbocycles. The number of aromatic nitrogens is 1. The molecule has 23 heavy (non-hydrogen) atoms. The van der Waals surface area contributed by atoms with E-state index in [1.807, 2.05) is 25.1 Å². The summed E-state index contributed by atoms with van der Waals surface area (Å²) in [6, 6.07) is 7.14. The fraction of sp³-hybridized carbons (Fsp3) is 0.375. The summed E-state index contributed by atoms with van der Waals surface area (Å²) < 4.78 is 4.92. The average Bonchev–Trinajstić information content (AvgIpc) is 2.98. The Labute approximate surface area is 139 Å². The van der Waals surface area contributed by atoms with Crippen molar-refractivity contribution in [3.63, 3.8) is 0 Å². The van der Waals surface area contributed by atoms with E-state index in [1.165, 1.54) is 0 Å². The summed E-state index contributed by atoms with van der Waals surface area (Å²) in [5, 5.41) is 7.54. The van der Waals surface area contributed by atoms with Gasteiger partial charge in [-0.2, -0.15) is 0 Å². The number of anilines is 2. The number of nitrogens with two attached hydrogens (primary N) is 1. The second-order valence-corrected chi connectivity index (χ2v) is 6.17. The molecule has 6 nitrogen and oxygen atoms in total. The standard InChI is InChI=1S/C16H19ClN4O2/c1-10-12(17)3-2-4-13(10)19-16(22)21-7-5-11(6-8-21)14-9-15(18)23-20-14/h2-4,9,11H,5-8,18H2,1H3,(H,19,22). The van der Waals surface area contributed by atoms with Gasteiger partial charge in [-0.15, -0.1) is 0 Å². The molecule has 1 saturated heterocycles. The van der Waals surface area contributed by atoms with Gasteiger partial charge in [0.1, 0.15) is 0 Å². The lowest BCUT2D eigenvalue weighted by atomic mass is 9.94. The molecule has 0 radical (unpaired) electrons. The van der Waals surface area contributed by atoms with E-state index in [2.05, 4.69) is 10.5 Å².